The number of fused-ring (bicyclic) bond motifs is 3. The molecular formula is C13H10BrN2Na. The fourth-order valence-corrected chi connectivity index (χ4v) is 2.60. The molecule has 2 nitrogen and oxygen atoms in total. The second-order valence-corrected chi connectivity index (χ2v) is 4.55. The van der Waals surface area contributed by atoms with Crippen molar-refractivity contribution < 1.29 is 31.0 Å². The van der Waals surface area contributed by atoms with E-state index < -0.39 is 0 Å². The third-order valence-electron chi connectivity index (χ3n) is 2.75. The number of halogens is 1. The molecule has 0 radical (unpaired) electrons. The van der Waals surface area contributed by atoms with Crippen molar-refractivity contribution in [2.75, 3.05) is 5.73 Å². The smallest absolute Gasteiger partial charge is 1.00 e. The molecule has 1 aromatic heterocycles. The van der Waals surface area contributed by atoms with Gasteiger partial charge >= 0.3 is 29.6 Å². The van der Waals surface area contributed by atoms with Gasteiger partial charge in [-0.05, 0) is 22.9 Å². The van der Waals surface area contributed by atoms with E-state index in [1.165, 1.54) is 5.39 Å². The van der Waals surface area contributed by atoms with E-state index in [0.717, 1.165) is 20.6 Å². The largest absolute Gasteiger partial charge is 1.00 e. The van der Waals surface area contributed by atoms with Gasteiger partial charge in [-0.3, -0.25) is 0 Å². The van der Waals surface area contributed by atoms with Crippen LogP contribution in [0.15, 0.2) is 47.1 Å². The van der Waals surface area contributed by atoms with Crippen LogP contribution in [0, 0.1) is 0 Å². The number of rotatable bonds is 0. The van der Waals surface area contributed by atoms with Crippen LogP contribution in [0.2, 0.25) is 0 Å². The quantitative estimate of drug-likeness (QED) is 0.493. The van der Waals surface area contributed by atoms with Gasteiger partial charge < -0.3 is 7.16 Å². The Morgan fingerprint density at radius 2 is 1.88 bits per heavy atom. The Hall–Kier alpha value is -0.610. The Kier molecular flexibility index (Phi) is 3.73. The number of nitrogens with zero attached hydrogens (tertiary/aromatic N) is 1. The van der Waals surface area contributed by atoms with Crippen LogP contribution >= 0.6 is 15.9 Å². The second-order valence-electron chi connectivity index (χ2n) is 3.70. The summed E-state index contributed by atoms with van der Waals surface area (Å²) in [6.45, 7) is 0. The van der Waals surface area contributed by atoms with E-state index in [9.17, 15) is 0 Å². The summed E-state index contributed by atoms with van der Waals surface area (Å²) < 4.78 is 1.05. The molecule has 0 amide bonds. The van der Waals surface area contributed by atoms with Crippen LogP contribution in [-0.4, -0.2) is 4.98 Å². The van der Waals surface area contributed by atoms with Crippen molar-refractivity contribution in [2.24, 2.45) is 0 Å². The van der Waals surface area contributed by atoms with Crippen molar-refractivity contribution in [1.82, 2.24) is 4.98 Å². The molecule has 0 aliphatic heterocycles. The zero-order valence-corrected chi connectivity index (χ0v) is 13.0. The molecule has 0 fully saturated rings. The minimum Gasteiger partial charge on any atom is -1.00 e. The zero-order chi connectivity index (χ0) is 11.1. The van der Waals surface area contributed by atoms with Crippen LogP contribution in [0.1, 0.15) is 1.43 Å². The van der Waals surface area contributed by atoms with E-state index >= 15 is 0 Å². The normalized spacial score (nSPS) is 10.4. The van der Waals surface area contributed by atoms with Crippen molar-refractivity contribution in [3.8, 4) is 0 Å². The average molecular weight is 297 g/mol. The topological polar surface area (TPSA) is 38.9 Å². The number of hydrogen-bond acceptors (Lipinski definition) is 2. The fraction of sp³-hybridized carbons (Fsp3) is 0. The predicted octanol–water partition coefficient (Wildman–Crippen LogP) is 0.849. The standard InChI is InChI=1S/C13H9BrN2.Na.H/c14-11-7-8-3-1-2-4-9(8)12-10(11)5-6-16-13(12)15;;/h1-7H,(H2,15,16);;/q;+1;-1. The van der Waals surface area contributed by atoms with Crippen molar-refractivity contribution in [3.05, 3.63) is 47.1 Å². The predicted molar refractivity (Wildman–Crippen MR) is 72.5 cm³/mol. The fourth-order valence-electron chi connectivity index (χ4n) is 2.02. The maximum Gasteiger partial charge on any atom is 1.00 e. The van der Waals surface area contributed by atoms with Crippen molar-refractivity contribution in [2.45, 2.75) is 0 Å². The van der Waals surface area contributed by atoms with Gasteiger partial charge in [-0.1, -0.05) is 40.2 Å². The first-order chi connectivity index (χ1) is 7.77. The SMILES string of the molecule is Nc1nccc2c(Br)cc3ccccc3c12.[H-].[Na+]. The molecule has 0 unspecified atom stereocenters. The molecule has 0 spiro atoms. The molecule has 0 saturated heterocycles. The van der Waals surface area contributed by atoms with Gasteiger partial charge in [-0.2, -0.15) is 0 Å². The van der Waals surface area contributed by atoms with E-state index in [4.69, 9.17) is 5.73 Å². The molecule has 0 aliphatic carbocycles. The molecular weight excluding hydrogens is 287 g/mol. The van der Waals surface area contributed by atoms with Gasteiger partial charge in [0, 0.05) is 21.4 Å². The number of aromatic nitrogens is 1. The van der Waals surface area contributed by atoms with Crippen LogP contribution in [0.25, 0.3) is 21.5 Å². The summed E-state index contributed by atoms with van der Waals surface area (Å²) in [5, 5.41) is 4.44. The van der Waals surface area contributed by atoms with Crippen LogP contribution in [0.5, 0.6) is 0 Å². The second kappa shape index (κ2) is 4.94. The Morgan fingerprint density at radius 3 is 2.71 bits per heavy atom. The summed E-state index contributed by atoms with van der Waals surface area (Å²) in [6.07, 6.45) is 1.73. The Labute approximate surface area is 131 Å². The van der Waals surface area contributed by atoms with Crippen molar-refractivity contribution in [3.63, 3.8) is 0 Å². The van der Waals surface area contributed by atoms with Gasteiger partial charge in [0.1, 0.15) is 5.82 Å². The molecule has 3 aromatic rings. The summed E-state index contributed by atoms with van der Waals surface area (Å²) in [7, 11) is 0. The Bertz CT molecular complexity index is 703. The zero-order valence-electron chi connectivity index (χ0n) is 10.4. The molecule has 0 bridgehead atoms. The number of benzene rings is 2. The number of anilines is 1. The first-order valence-corrected chi connectivity index (χ1v) is 5.78. The molecule has 3 rings (SSSR count). The first-order valence-electron chi connectivity index (χ1n) is 4.99. The van der Waals surface area contributed by atoms with Crippen molar-refractivity contribution in [1.29, 1.82) is 0 Å². The number of nitrogens with two attached hydrogens (primary N) is 1. The van der Waals surface area contributed by atoms with Gasteiger partial charge in [0.25, 0.3) is 0 Å². The minimum absolute atomic E-state index is 0. The maximum absolute atomic E-state index is 5.96. The monoisotopic (exact) mass is 296 g/mol. The third kappa shape index (κ3) is 2.08. The van der Waals surface area contributed by atoms with Crippen LogP contribution < -0.4 is 35.3 Å². The van der Waals surface area contributed by atoms with E-state index in [1.54, 1.807) is 6.20 Å². The summed E-state index contributed by atoms with van der Waals surface area (Å²) in [6, 6.07) is 12.3. The number of nitrogen functional groups attached to an aromatic ring is 1. The Balaban J connectivity index is 0.000000810. The first kappa shape index (κ1) is 12.8. The summed E-state index contributed by atoms with van der Waals surface area (Å²) in [5.41, 5.74) is 5.96. The number of hydrogen-bond donors (Lipinski definition) is 1. The molecule has 2 aromatic carbocycles. The summed E-state index contributed by atoms with van der Waals surface area (Å²) >= 11 is 3.57. The van der Waals surface area contributed by atoms with Gasteiger partial charge in [0.2, 0.25) is 0 Å². The molecule has 17 heavy (non-hydrogen) atoms. The number of pyridine rings is 1. The van der Waals surface area contributed by atoms with Gasteiger partial charge in [-0.15, -0.1) is 0 Å². The van der Waals surface area contributed by atoms with Gasteiger partial charge in [-0.25, -0.2) is 4.98 Å². The van der Waals surface area contributed by atoms with Gasteiger partial charge in [0.15, 0.2) is 0 Å². The molecule has 0 atom stereocenters. The van der Waals surface area contributed by atoms with E-state index in [0.29, 0.717) is 5.82 Å². The minimum atomic E-state index is 0. The Morgan fingerprint density at radius 1 is 1.12 bits per heavy atom. The van der Waals surface area contributed by atoms with Crippen LogP contribution in [-0.2, 0) is 0 Å². The summed E-state index contributed by atoms with van der Waals surface area (Å²) in [4.78, 5) is 4.16. The third-order valence-corrected chi connectivity index (χ3v) is 3.41. The molecule has 1 heterocycles. The summed E-state index contributed by atoms with van der Waals surface area (Å²) in [5.74, 6) is 0.579. The van der Waals surface area contributed by atoms with Crippen molar-refractivity contribution >= 4 is 43.3 Å². The van der Waals surface area contributed by atoms with Crippen LogP contribution in [0.3, 0.4) is 0 Å². The van der Waals surface area contributed by atoms with E-state index in [1.807, 2.05) is 18.2 Å². The van der Waals surface area contributed by atoms with E-state index in [2.05, 4.69) is 39.1 Å². The average Bonchev–Trinajstić information content (AvgIpc) is 2.30. The molecule has 2 N–H and O–H groups in total. The van der Waals surface area contributed by atoms with E-state index in [-0.39, 0.29) is 31.0 Å². The maximum atomic E-state index is 5.96. The van der Waals surface area contributed by atoms with Gasteiger partial charge in [0.05, 0.1) is 0 Å². The molecule has 80 valence electrons. The molecule has 0 saturated carbocycles. The molecule has 4 heteroatoms. The van der Waals surface area contributed by atoms with Crippen LogP contribution in [0.4, 0.5) is 5.82 Å². The molecule has 0 aliphatic rings.